The summed E-state index contributed by atoms with van der Waals surface area (Å²) in [4.78, 5) is 32.2. The molecule has 1 aliphatic heterocycles. The van der Waals surface area contributed by atoms with Crippen molar-refractivity contribution in [3.05, 3.63) is 41.1 Å². The third-order valence-corrected chi connectivity index (χ3v) is 5.67. The second-order valence-electron chi connectivity index (χ2n) is 7.13. The highest BCUT2D eigenvalue weighted by molar-refractivity contribution is 6.08. The van der Waals surface area contributed by atoms with Gasteiger partial charge in [-0.1, -0.05) is 12.1 Å². The van der Waals surface area contributed by atoms with Gasteiger partial charge in [0.1, 0.15) is 5.92 Å². The van der Waals surface area contributed by atoms with Crippen LogP contribution in [0.2, 0.25) is 0 Å². The van der Waals surface area contributed by atoms with Crippen molar-refractivity contribution < 1.29 is 14.3 Å². The maximum atomic E-state index is 12.8. The Balaban J connectivity index is 2.07. The summed E-state index contributed by atoms with van der Waals surface area (Å²) in [7, 11) is 1.39. The molecule has 1 aromatic carbocycles. The van der Waals surface area contributed by atoms with E-state index < -0.39 is 5.92 Å². The van der Waals surface area contributed by atoms with Crippen LogP contribution < -0.4 is 4.90 Å². The van der Waals surface area contributed by atoms with Crippen molar-refractivity contribution in [3.8, 4) is 0 Å². The number of carbonyl (C=O) groups excluding carboxylic acids is 2. The Morgan fingerprint density at radius 2 is 1.85 bits per heavy atom. The van der Waals surface area contributed by atoms with Crippen molar-refractivity contribution in [2.75, 3.05) is 25.1 Å². The molecule has 0 N–H and O–H groups in total. The molecule has 1 aromatic rings. The molecule has 27 heavy (non-hydrogen) atoms. The van der Waals surface area contributed by atoms with Crippen LogP contribution in [0.3, 0.4) is 0 Å². The molecule has 5 heteroatoms. The van der Waals surface area contributed by atoms with Crippen LogP contribution in [-0.4, -0.2) is 37.7 Å². The van der Waals surface area contributed by atoms with E-state index in [9.17, 15) is 9.59 Å². The second-order valence-corrected chi connectivity index (χ2v) is 7.13. The van der Waals surface area contributed by atoms with Gasteiger partial charge in [0, 0.05) is 48.1 Å². The zero-order valence-electron chi connectivity index (χ0n) is 16.6. The number of Topliss-reactive ketones (excluding diaryl/α,β-unsaturated/α-hetero) is 1. The molecule has 0 fully saturated rings. The average Bonchev–Trinajstić information content (AvgIpc) is 2.68. The maximum absolute atomic E-state index is 12.8. The fourth-order valence-electron chi connectivity index (χ4n) is 4.28. The van der Waals surface area contributed by atoms with Crippen LogP contribution in [0.15, 0.2) is 40.5 Å². The highest BCUT2D eigenvalue weighted by Gasteiger charge is 2.42. The number of nitrogens with zero attached hydrogens (tertiary/aromatic N) is 2. The lowest BCUT2D eigenvalue weighted by molar-refractivity contribution is -0.143. The van der Waals surface area contributed by atoms with Gasteiger partial charge >= 0.3 is 5.97 Å². The molecule has 2 atom stereocenters. The molecule has 144 valence electrons. The van der Waals surface area contributed by atoms with Gasteiger partial charge in [-0.2, -0.15) is 0 Å². The number of esters is 1. The van der Waals surface area contributed by atoms with Crippen LogP contribution in [0.1, 0.15) is 51.5 Å². The molecule has 3 rings (SSSR count). The van der Waals surface area contributed by atoms with Gasteiger partial charge in [0.2, 0.25) is 0 Å². The number of methoxy groups -OCH3 is 1. The molecule has 0 spiro atoms. The maximum Gasteiger partial charge on any atom is 0.315 e. The van der Waals surface area contributed by atoms with Gasteiger partial charge in [-0.15, -0.1) is 0 Å². The summed E-state index contributed by atoms with van der Waals surface area (Å²) in [6.45, 7) is 7.99. The quantitative estimate of drug-likeness (QED) is 0.740. The highest BCUT2D eigenvalue weighted by Crippen LogP contribution is 2.43. The van der Waals surface area contributed by atoms with E-state index in [0.29, 0.717) is 12.0 Å². The molecule has 0 radical (unpaired) electrons. The number of hydrogen-bond acceptors (Lipinski definition) is 5. The summed E-state index contributed by atoms with van der Waals surface area (Å²) in [5, 5.41) is 0. The lowest BCUT2D eigenvalue weighted by atomic mass is 9.72. The summed E-state index contributed by atoms with van der Waals surface area (Å²) in [5.74, 6) is -1.09. The van der Waals surface area contributed by atoms with Crippen LogP contribution >= 0.6 is 0 Å². The fourth-order valence-corrected chi connectivity index (χ4v) is 4.28. The first-order valence-electron chi connectivity index (χ1n) is 9.75. The molecule has 0 saturated heterocycles. The van der Waals surface area contributed by atoms with Crippen molar-refractivity contribution in [3.63, 3.8) is 0 Å². The van der Waals surface area contributed by atoms with Gasteiger partial charge in [-0.25, -0.2) is 0 Å². The molecular weight excluding hydrogens is 340 g/mol. The normalized spacial score (nSPS) is 22.2. The summed E-state index contributed by atoms with van der Waals surface area (Å²) >= 11 is 0. The Bertz CT molecular complexity index is 788. The first-order chi connectivity index (χ1) is 13.0. The first-order valence-corrected chi connectivity index (χ1v) is 9.75. The number of rotatable bonds is 5. The van der Waals surface area contributed by atoms with Gasteiger partial charge in [0.05, 0.1) is 7.11 Å². The Morgan fingerprint density at radius 1 is 1.19 bits per heavy atom. The van der Waals surface area contributed by atoms with E-state index in [4.69, 9.17) is 4.74 Å². The van der Waals surface area contributed by atoms with Crippen LogP contribution in [-0.2, 0) is 14.3 Å². The third kappa shape index (κ3) is 3.55. The SMILES string of the molecule is CCN(CC)c1ccc([C@H]2C3=C(CCCC3=O)N=C(C)[C@@H]2C(=O)OC)cc1. The summed E-state index contributed by atoms with van der Waals surface area (Å²) in [6.07, 6.45) is 2.14. The van der Waals surface area contributed by atoms with Crippen molar-refractivity contribution >= 4 is 23.2 Å². The minimum absolute atomic E-state index is 0.110. The number of anilines is 1. The zero-order valence-corrected chi connectivity index (χ0v) is 16.6. The molecular formula is C22H28N2O3. The van der Waals surface area contributed by atoms with E-state index >= 15 is 0 Å². The predicted octanol–water partition coefficient (Wildman–Crippen LogP) is 3.89. The Morgan fingerprint density at radius 3 is 2.44 bits per heavy atom. The molecule has 2 aliphatic rings. The molecule has 0 aromatic heterocycles. The van der Waals surface area contributed by atoms with Crippen molar-refractivity contribution in [1.82, 2.24) is 0 Å². The summed E-state index contributed by atoms with van der Waals surface area (Å²) < 4.78 is 5.06. The lowest BCUT2D eigenvalue weighted by Gasteiger charge is -2.34. The standard InChI is InChI=1S/C22H28N2O3/c1-5-24(6-2)16-12-10-15(11-13-16)20-19(22(26)27-4)14(3)23-17-8-7-9-18(25)21(17)20/h10-13,19-20H,5-9H2,1-4H3/t19-,20+/m0/s1. The summed E-state index contributed by atoms with van der Waals surface area (Å²) in [6, 6.07) is 8.23. The molecule has 0 saturated carbocycles. The molecule has 5 nitrogen and oxygen atoms in total. The topological polar surface area (TPSA) is 59.0 Å². The minimum atomic E-state index is -0.546. The van der Waals surface area contributed by atoms with Crippen LogP contribution in [0, 0.1) is 5.92 Å². The van der Waals surface area contributed by atoms with Crippen LogP contribution in [0.5, 0.6) is 0 Å². The average molecular weight is 368 g/mol. The van der Waals surface area contributed by atoms with Gasteiger partial charge in [0.15, 0.2) is 5.78 Å². The first kappa shape index (κ1) is 19.3. The number of carbonyl (C=O) groups is 2. The van der Waals surface area contributed by atoms with E-state index in [2.05, 4.69) is 35.9 Å². The lowest BCUT2D eigenvalue weighted by Crippen LogP contribution is -2.36. The Kier molecular flexibility index (Phi) is 5.78. The second kappa shape index (κ2) is 8.07. The number of ketones is 1. The zero-order chi connectivity index (χ0) is 19.6. The number of benzene rings is 1. The Labute approximate surface area is 161 Å². The predicted molar refractivity (Wildman–Crippen MR) is 107 cm³/mol. The number of allylic oxidation sites excluding steroid dienone is 2. The number of ether oxygens (including phenoxy) is 1. The minimum Gasteiger partial charge on any atom is -0.468 e. The summed E-state index contributed by atoms with van der Waals surface area (Å²) in [5.41, 5.74) is 4.40. The van der Waals surface area contributed by atoms with Gasteiger partial charge in [0.25, 0.3) is 0 Å². The van der Waals surface area contributed by atoms with Crippen molar-refractivity contribution in [2.45, 2.75) is 46.0 Å². The largest absolute Gasteiger partial charge is 0.468 e. The number of aliphatic imine (C=N–C) groups is 1. The van der Waals surface area contributed by atoms with Crippen molar-refractivity contribution in [1.29, 1.82) is 0 Å². The molecule has 1 aliphatic carbocycles. The molecule has 0 amide bonds. The van der Waals surface area contributed by atoms with E-state index in [1.54, 1.807) is 0 Å². The van der Waals surface area contributed by atoms with Crippen molar-refractivity contribution in [2.24, 2.45) is 10.9 Å². The molecule has 1 heterocycles. The van der Waals surface area contributed by atoms with E-state index in [1.807, 2.05) is 19.1 Å². The van der Waals surface area contributed by atoms with E-state index in [1.165, 1.54) is 7.11 Å². The Hall–Kier alpha value is -2.43. The molecule has 0 unspecified atom stereocenters. The van der Waals surface area contributed by atoms with Gasteiger partial charge < -0.3 is 9.64 Å². The fraction of sp³-hybridized carbons (Fsp3) is 0.500. The van der Waals surface area contributed by atoms with Crippen LogP contribution in [0.25, 0.3) is 0 Å². The number of hydrogen-bond donors (Lipinski definition) is 0. The van der Waals surface area contributed by atoms with Gasteiger partial charge in [-0.3, -0.25) is 14.6 Å². The molecule has 0 bridgehead atoms. The highest BCUT2D eigenvalue weighted by atomic mass is 16.5. The third-order valence-electron chi connectivity index (χ3n) is 5.67. The van der Waals surface area contributed by atoms with Crippen LogP contribution in [0.4, 0.5) is 5.69 Å². The van der Waals surface area contributed by atoms with Gasteiger partial charge in [-0.05, 0) is 51.3 Å². The smallest absolute Gasteiger partial charge is 0.315 e. The monoisotopic (exact) mass is 368 g/mol. The van der Waals surface area contributed by atoms with E-state index in [0.717, 1.165) is 48.6 Å². The van der Waals surface area contributed by atoms with E-state index in [-0.39, 0.29) is 17.7 Å².